The summed E-state index contributed by atoms with van der Waals surface area (Å²) in [6, 6.07) is 0. The average molecular weight is 220 g/mol. The van der Waals surface area contributed by atoms with Crippen LogP contribution in [0.15, 0.2) is 4.99 Å². The Morgan fingerprint density at radius 2 is 2.21 bits per heavy atom. The summed E-state index contributed by atoms with van der Waals surface area (Å²) < 4.78 is 0. The van der Waals surface area contributed by atoms with E-state index in [1.165, 1.54) is 0 Å². The number of carboxylic acids is 1. The molecule has 0 rings (SSSR count). The number of aliphatic hydroxyl groups excluding tert-OH is 1. The summed E-state index contributed by atoms with van der Waals surface area (Å²) in [6.45, 7) is -0.156. The third-order valence-electron chi connectivity index (χ3n) is 1.09. The zero-order chi connectivity index (χ0) is 11.1. The molecule has 0 spiro atoms. The molecule has 0 aromatic rings. The predicted molar refractivity (Wildman–Crippen MR) is 54.3 cm³/mol. The van der Waals surface area contributed by atoms with E-state index in [1.54, 1.807) is 0 Å². The Morgan fingerprint density at radius 1 is 1.64 bits per heavy atom. The lowest BCUT2D eigenvalue weighted by molar-refractivity contribution is -0.129. The highest BCUT2D eigenvalue weighted by atomic mass is 32.2. The number of thioether (sulfide) groups is 1. The van der Waals surface area contributed by atoms with Crippen LogP contribution in [0.5, 0.6) is 0 Å². The van der Waals surface area contributed by atoms with Gasteiger partial charge in [-0.3, -0.25) is 5.41 Å². The molecule has 14 heavy (non-hydrogen) atoms. The lowest BCUT2D eigenvalue weighted by atomic mass is 10.5. The van der Waals surface area contributed by atoms with E-state index in [2.05, 4.69) is 4.99 Å². The van der Waals surface area contributed by atoms with Crippen LogP contribution in [0.3, 0.4) is 0 Å². The van der Waals surface area contributed by atoms with Crippen molar-refractivity contribution in [3.8, 4) is 0 Å². The maximum Gasteiger partial charge on any atom is 0.371 e. The summed E-state index contributed by atoms with van der Waals surface area (Å²) in [4.78, 5) is 13.6. The number of aliphatic imine (C=N–C) groups is 1. The zero-order valence-electron chi connectivity index (χ0n) is 7.30. The highest BCUT2D eigenvalue weighted by Crippen LogP contribution is 2.10. The van der Waals surface area contributed by atoms with Crippen molar-refractivity contribution in [1.29, 1.82) is 5.41 Å². The van der Waals surface area contributed by atoms with Crippen LogP contribution in [0.2, 0.25) is 0 Å². The van der Waals surface area contributed by atoms with Crippen LogP contribution >= 0.6 is 11.8 Å². The fourth-order valence-corrected chi connectivity index (χ4v) is 1.19. The van der Waals surface area contributed by atoms with E-state index >= 15 is 0 Å². The molecule has 0 aromatic heterocycles. The number of nitrogens with zero attached hydrogens (tertiary/aromatic N) is 1. The second-order valence-electron chi connectivity index (χ2n) is 2.22. The molecule has 1 atom stereocenters. The highest BCUT2D eigenvalue weighted by Gasteiger charge is 2.09. The number of hydrogen-bond acceptors (Lipinski definition) is 6. The maximum atomic E-state index is 10.2. The van der Waals surface area contributed by atoms with Gasteiger partial charge in [-0.1, -0.05) is 11.8 Å². The molecule has 80 valence electrons. The normalized spacial score (nSPS) is 13.7. The van der Waals surface area contributed by atoms with E-state index in [9.17, 15) is 4.79 Å². The number of nitrogens with two attached hydrogens (primary N) is 2. The van der Waals surface area contributed by atoms with Gasteiger partial charge in [0.1, 0.15) is 0 Å². The van der Waals surface area contributed by atoms with Crippen LogP contribution in [-0.2, 0) is 4.79 Å². The Morgan fingerprint density at radius 3 is 2.64 bits per heavy atom. The van der Waals surface area contributed by atoms with Crippen molar-refractivity contribution in [2.75, 3.05) is 6.61 Å². The van der Waals surface area contributed by atoms with Crippen molar-refractivity contribution in [1.82, 2.24) is 0 Å². The first kappa shape index (κ1) is 12.9. The largest absolute Gasteiger partial charge is 0.475 e. The van der Waals surface area contributed by atoms with Gasteiger partial charge in [-0.05, 0) is 0 Å². The topological polar surface area (TPSA) is 146 Å². The van der Waals surface area contributed by atoms with Crippen LogP contribution < -0.4 is 11.5 Å². The molecular weight excluding hydrogens is 208 g/mol. The fraction of sp³-hybridized carbons (Fsp3) is 0.500. The number of carbonyl (C=O) groups is 1. The van der Waals surface area contributed by atoms with Crippen molar-refractivity contribution in [2.24, 2.45) is 16.5 Å². The van der Waals surface area contributed by atoms with E-state index < -0.39 is 17.3 Å². The minimum Gasteiger partial charge on any atom is -0.475 e. The Hall–Kier alpha value is -1.12. The molecule has 7 N–H and O–H groups in total. The van der Waals surface area contributed by atoms with Crippen molar-refractivity contribution in [3.05, 3.63) is 0 Å². The number of aliphatic carboxylic acids is 1. The van der Waals surface area contributed by atoms with Gasteiger partial charge in [0.25, 0.3) is 0 Å². The number of aliphatic hydroxyl groups is 1. The lowest BCUT2D eigenvalue weighted by Crippen LogP contribution is -2.28. The Labute approximate surface area is 84.7 Å². The first-order valence-electron chi connectivity index (χ1n) is 3.64. The first-order valence-corrected chi connectivity index (χ1v) is 4.52. The Kier molecular flexibility index (Phi) is 5.84. The van der Waals surface area contributed by atoms with Crippen LogP contribution in [0.1, 0.15) is 6.42 Å². The molecule has 0 aromatic carbocycles. The summed E-state index contributed by atoms with van der Waals surface area (Å²) in [5, 5.41) is 24.2. The summed E-state index contributed by atoms with van der Waals surface area (Å²) in [7, 11) is 0. The van der Waals surface area contributed by atoms with E-state index in [1.807, 2.05) is 0 Å². The first-order chi connectivity index (χ1) is 6.47. The van der Waals surface area contributed by atoms with E-state index in [4.69, 9.17) is 27.1 Å². The molecule has 0 aliphatic heterocycles. The van der Waals surface area contributed by atoms with Crippen LogP contribution in [0.25, 0.3) is 0 Å². The van der Waals surface area contributed by atoms with Gasteiger partial charge in [-0.2, -0.15) is 0 Å². The molecule has 0 amide bonds. The SMILES string of the molecule is N=C(CCO)SC(N)/N=C(/N)C(=O)O. The van der Waals surface area contributed by atoms with Gasteiger partial charge < -0.3 is 21.7 Å². The van der Waals surface area contributed by atoms with E-state index in [0.717, 1.165) is 11.8 Å². The van der Waals surface area contributed by atoms with Gasteiger partial charge in [-0.15, -0.1) is 0 Å². The summed E-state index contributed by atoms with van der Waals surface area (Å²) in [6.07, 6.45) is 0.168. The van der Waals surface area contributed by atoms with Gasteiger partial charge in [-0.25, -0.2) is 9.79 Å². The van der Waals surface area contributed by atoms with E-state index in [-0.39, 0.29) is 18.1 Å². The van der Waals surface area contributed by atoms with Crippen molar-refractivity contribution < 1.29 is 15.0 Å². The molecule has 0 aliphatic carbocycles. The molecule has 0 saturated carbocycles. The number of hydrogen-bond donors (Lipinski definition) is 5. The Bertz CT molecular complexity index is 255. The number of rotatable bonds is 4. The standard InChI is InChI=1S/C6H12N4O3S/c7-3(1-2-11)14-6(9)10-4(8)5(12)13/h6-7,11H,1-2,9H2,(H2,8,10)(H,12,13). The summed E-state index contributed by atoms with van der Waals surface area (Å²) in [5.41, 5.74) is 9.43. The number of amidine groups is 1. The maximum absolute atomic E-state index is 10.2. The molecule has 0 saturated heterocycles. The van der Waals surface area contributed by atoms with Gasteiger partial charge in [0, 0.05) is 13.0 Å². The third kappa shape index (κ3) is 5.51. The molecule has 0 aliphatic rings. The zero-order valence-corrected chi connectivity index (χ0v) is 8.12. The number of carboxylic acid groups (broad SMARTS) is 1. The molecule has 1 unspecified atom stereocenters. The second-order valence-corrected chi connectivity index (χ2v) is 3.44. The molecule has 8 heteroatoms. The minimum atomic E-state index is -1.35. The fourth-order valence-electron chi connectivity index (χ4n) is 0.525. The van der Waals surface area contributed by atoms with Gasteiger partial charge in [0.2, 0.25) is 5.84 Å². The van der Waals surface area contributed by atoms with Gasteiger partial charge in [0.05, 0.1) is 5.04 Å². The Balaban J connectivity index is 4.09. The smallest absolute Gasteiger partial charge is 0.371 e. The molecule has 0 radical (unpaired) electrons. The van der Waals surface area contributed by atoms with Crippen molar-refractivity contribution in [2.45, 2.75) is 11.9 Å². The number of nitrogens with one attached hydrogen (secondary N) is 1. The molecule has 0 fully saturated rings. The van der Waals surface area contributed by atoms with Crippen LogP contribution in [0.4, 0.5) is 0 Å². The molecule has 7 nitrogen and oxygen atoms in total. The average Bonchev–Trinajstić information content (AvgIpc) is 2.03. The molecular formula is C6H12N4O3S. The quantitative estimate of drug-likeness (QED) is 0.227. The van der Waals surface area contributed by atoms with Crippen molar-refractivity contribution >= 4 is 28.6 Å². The predicted octanol–water partition coefficient (Wildman–Crippen LogP) is -1.24. The summed E-state index contributed by atoms with van der Waals surface area (Å²) in [5.74, 6) is -1.95. The molecule has 0 heterocycles. The molecule has 0 bridgehead atoms. The second kappa shape index (κ2) is 6.35. The van der Waals surface area contributed by atoms with Gasteiger partial charge in [0.15, 0.2) is 5.50 Å². The van der Waals surface area contributed by atoms with E-state index in [0.29, 0.717) is 0 Å². The minimum absolute atomic E-state index is 0.127. The lowest BCUT2D eigenvalue weighted by Gasteiger charge is -2.06. The third-order valence-corrected chi connectivity index (χ3v) is 1.92. The van der Waals surface area contributed by atoms with Crippen LogP contribution in [0, 0.1) is 5.41 Å². The van der Waals surface area contributed by atoms with Gasteiger partial charge >= 0.3 is 5.97 Å². The highest BCUT2D eigenvalue weighted by molar-refractivity contribution is 8.14. The monoisotopic (exact) mass is 220 g/mol. The van der Waals surface area contributed by atoms with Crippen LogP contribution in [-0.4, -0.2) is 39.2 Å². The van der Waals surface area contributed by atoms with Crippen molar-refractivity contribution in [3.63, 3.8) is 0 Å². The summed E-state index contributed by atoms with van der Waals surface area (Å²) >= 11 is 0.840.